The summed E-state index contributed by atoms with van der Waals surface area (Å²) >= 11 is 0. The highest BCUT2D eigenvalue weighted by atomic mass is 19.2. The zero-order valence-electron chi connectivity index (χ0n) is 6.71. The Kier molecular flexibility index (Phi) is 3.08. The Morgan fingerprint density at radius 2 is 2.15 bits per heavy atom. The first-order valence-corrected chi connectivity index (χ1v) is 3.71. The maximum Gasteiger partial charge on any atom is 0.162 e. The standard InChI is InChI=1S/C9H8F2O2/c10-8-3-1-2-6(9(8)11)4-7(13)5-12/h1-3,5,7,13H,4H2. The molecule has 1 unspecified atom stereocenters. The average Bonchev–Trinajstić information content (AvgIpc) is 2.13. The first kappa shape index (κ1) is 9.80. The predicted molar refractivity (Wildman–Crippen MR) is 42.1 cm³/mol. The van der Waals surface area contributed by atoms with E-state index in [4.69, 9.17) is 5.11 Å². The Balaban J connectivity index is 2.88. The minimum atomic E-state index is -1.28. The van der Waals surface area contributed by atoms with E-state index < -0.39 is 17.7 Å². The second-order valence-corrected chi connectivity index (χ2v) is 2.62. The van der Waals surface area contributed by atoms with Gasteiger partial charge in [-0.05, 0) is 11.6 Å². The van der Waals surface area contributed by atoms with Crippen LogP contribution in [0, 0.1) is 11.6 Å². The van der Waals surface area contributed by atoms with Gasteiger partial charge < -0.3 is 9.90 Å². The highest BCUT2D eigenvalue weighted by Crippen LogP contribution is 2.12. The van der Waals surface area contributed by atoms with Gasteiger partial charge >= 0.3 is 0 Å². The first-order chi connectivity index (χ1) is 6.15. The van der Waals surface area contributed by atoms with Crippen LogP contribution in [0.4, 0.5) is 8.78 Å². The lowest BCUT2D eigenvalue weighted by Gasteiger charge is -2.04. The van der Waals surface area contributed by atoms with Gasteiger partial charge in [-0.15, -0.1) is 0 Å². The van der Waals surface area contributed by atoms with Crippen LogP contribution < -0.4 is 0 Å². The van der Waals surface area contributed by atoms with Gasteiger partial charge in [0.05, 0.1) is 0 Å². The lowest BCUT2D eigenvalue weighted by Crippen LogP contribution is -2.13. The molecule has 0 aliphatic heterocycles. The van der Waals surface area contributed by atoms with E-state index in [1.54, 1.807) is 0 Å². The number of aliphatic hydroxyl groups excluding tert-OH is 1. The quantitative estimate of drug-likeness (QED) is 0.717. The molecule has 1 aromatic rings. The SMILES string of the molecule is O=CC(O)Cc1cccc(F)c1F. The number of carbonyl (C=O) groups is 1. The van der Waals surface area contributed by atoms with Crippen LogP contribution in [0.3, 0.4) is 0 Å². The van der Waals surface area contributed by atoms with Gasteiger partial charge in [-0.25, -0.2) is 8.78 Å². The molecule has 1 atom stereocenters. The van der Waals surface area contributed by atoms with E-state index in [9.17, 15) is 13.6 Å². The van der Waals surface area contributed by atoms with Gasteiger partial charge in [-0.2, -0.15) is 0 Å². The van der Waals surface area contributed by atoms with Gasteiger partial charge in [0.15, 0.2) is 11.6 Å². The number of hydrogen-bond donors (Lipinski definition) is 1. The smallest absolute Gasteiger partial charge is 0.162 e. The fourth-order valence-electron chi connectivity index (χ4n) is 0.980. The molecular weight excluding hydrogens is 178 g/mol. The minimum Gasteiger partial charge on any atom is -0.385 e. The summed E-state index contributed by atoms with van der Waals surface area (Å²) in [6.07, 6.45) is -1.20. The summed E-state index contributed by atoms with van der Waals surface area (Å²) in [5.74, 6) is -1.99. The summed E-state index contributed by atoms with van der Waals surface area (Å²) in [6.45, 7) is 0. The van der Waals surface area contributed by atoms with Crippen LogP contribution in [-0.4, -0.2) is 17.5 Å². The van der Waals surface area contributed by atoms with Crippen molar-refractivity contribution in [1.29, 1.82) is 0 Å². The molecule has 0 saturated carbocycles. The Hall–Kier alpha value is -1.29. The van der Waals surface area contributed by atoms with Gasteiger partial charge in [0, 0.05) is 6.42 Å². The largest absolute Gasteiger partial charge is 0.385 e. The van der Waals surface area contributed by atoms with Gasteiger partial charge in [0.2, 0.25) is 0 Å². The second kappa shape index (κ2) is 4.09. The Bertz CT molecular complexity index is 312. The molecule has 1 rings (SSSR count). The zero-order valence-corrected chi connectivity index (χ0v) is 6.71. The molecule has 0 fully saturated rings. The van der Waals surface area contributed by atoms with Crippen molar-refractivity contribution in [2.45, 2.75) is 12.5 Å². The Morgan fingerprint density at radius 1 is 1.46 bits per heavy atom. The maximum atomic E-state index is 12.9. The van der Waals surface area contributed by atoms with Gasteiger partial charge in [-0.3, -0.25) is 0 Å². The number of rotatable bonds is 3. The zero-order chi connectivity index (χ0) is 9.84. The first-order valence-electron chi connectivity index (χ1n) is 3.71. The lowest BCUT2D eigenvalue weighted by atomic mass is 10.1. The summed E-state index contributed by atoms with van der Waals surface area (Å²) in [5.41, 5.74) is -0.000370. The van der Waals surface area contributed by atoms with Crippen molar-refractivity contribution in [2.24, 2.45) is 0 Å². The van der Waals surface area contributed by atoms with E-state index in [0.29, 0.717) is 0 Å². The van der Waals surface area contributed by atoms with Crippen molar-refractivity contribution < 1.29 is 18.7 Å². The van der Waals surface area contributed by atoms with Crippen LogP contribution >= 0.6 is 0 Å². The molecule has 1 aromatic carbocycles. The minimum absolute atomic E-state index is 0.000370. The van der Waals surface area contributed by atoms with E-state index in [0.717, 1.165) is 6.07 Å². The van der Waals surface area contributed by atoms with Gasteiger partial charge in [0.25, 0.3) is 0 Å². The van der Waals surface area contributed by atoms with Crippen molar-refractivity contribution in [3.63, 3.8) is 0 Å². The molecule has 0 aromatic heterocycles. The number of carbonyl (C=O) groups excluding carboxylic acids is 1. The predicted octanol–water partition coefficient (Wildman–Crippen LogP) is 1.07. The van der Waals surface area contributed by atoms with Crippen LogP contribution in [0.25, 0.3) is 0 Å². The van der Waals surface area contributed by atoms with Gasteiger partial charge in [0.1, 0.15) is 12.4 Å². The fourth-order valence-corrected chi connectivity index (χ4v) is 0.980. The number of aldehydes is 1. The van der Waals surface area contributed by atoms with Crippen LogP contribution in [0.15, 0.2) is 18.2 Å². The van der Waals surface area contributed by atoms with Crippen molar-refractivity contribution in [3.8, 4) is 0 Å². The molecule has 0 aliphatic rings. The number of hydrogen-bond acceptors (Lipinski definition) is 2. The molecule has 0 saturated heterocycles. The fraction of sp³-hybridized carbons (Fsp3) is 0.222. The van der Waals surface area contributed by atoms with Crippen molar-refractivity contribution in [2.75, 3.05) is 0 Å². The summed E-state index contributed by atoms with van der Waals surface area (Å²) < 4.78 is 25.5. The number of benzene rings is 1. The van der Waals surface area contributed by atoms with Crippen LogP contribution in [-0.2, 0) is 11.2 Å². The van der Waals surface area contributed by atoms with Crippen molar-refractivity contribution in [1.82, 2.24) is 0 Å². The molecule has 0 bridgehead atoms. The monoisotopic (exact) mass is 186 g/mol. The van der Waals surface area contributed by atoms with E-state index in [1.807, 2.05) is 0 Å². The summed E-state index contributed by atoms with van der Waals surface area (Å²) in [6, 6.07) is 3.63. The van der Waals surface area contributed by atoms with Crippen LogP contribution in [0.1, 0.15) is 5.56 Å². The molecule has 4 heteroatoms. The van der Waals surface area contributed by atoms with E-state index in [2.05, 4.69) is 0 Å². The lowest BCUT2D eigenvalue weighted by molar-refractivity contribution is -0.114. The molecule has 0 heterocycles. The highest BCUT2D eigenvalue weighted by molar-refractivity contribution is 5.56. The average molecular weight is 186 g/mol. The molecule has 13 heavy (non-hydrogen) atoms. The molecule has 0 amide bonds. The Labute approximate surface area is 73.8 Å². The molecule has 70 valence electrons. The third-order valence-electron chi connectivity index (χ3n) is 1.62. The molecule has 2 nitrogen and oxygen atoms in total. The molecule has 0 radical (unpaired) electrons. The van der Waals surface area contributed by atoms with E-state index >= 15 is 0 Å². The number of aliphatic hydroxyl groups is 1. The van der Waals surface area contributed by atoms with Gasteiger partial charge in [-0.1, -0.05) is 12.1 Å². The molecule has 1 N–H and O–H groups in total. The third-order valence-corrected chi connectivity index (χ3v) is 1.62. The summed E-state index contributed by atoms with van der Waals surface area (Å²) in [5, 5.41) is 8.87. The van der Waals surface area contributed by atoms with E-state index in [1.165, 1.54) is 12.1 Å². The Morgan fingerprint density at radius 3 is 2.77 bits per heavy atom. The van der Waals surface area contributed by atoms with E-state index in [-0.39, 0.29) is 18.3 Å². The molecule has 0 spiro atoms. The van der Waals surface area contributed by atoms with Crippen LogP contribution in [0.5, 0.6) is 0 Å². The van der Waals surface area contributed by atoms with Crippen molar-refractivity contribution >= 4 is 6.29 Å². The number of halogens is 2. The highest BCUT2D eigenvalue weighted by Gasteiger charge is 2.11. The topological polar surface area (TPSA) is 37.3 Å². The maximum absolute atomic E-state index is 12.9. The molecule has 0 aliphatic carbocycles. The normalized spacial score (nSPS) is 12.5. The van der Waals surface area contributed by atoms with Crippen LogP contribution in [0.2, 0.25) is 0 Å². The van der Waals surface area contributed by atoms with Crippen molar-refractivity contribution in [3.05, 3.63) is 35.4 Å². The summed E-state index contributed by atoms with van der Waals surface area (Å²) in [4.78, 5) is 10.0. The third kappa shape index (κ3) is 2.32. The second-order valence-electron chi connectivity index (χ2n) is 2.62. The summed E-state index contributed by atoms with van der Waals surface area (Å²) in [7, 11) is 0. The molecular formula is C9H8F2O2.